The molecule has 2 rings (SSSR count). The SMILES string of the molecule is CC[C@@H](C)NC(=O)[C@@H](CC)N(Cc1ccccc1C)C(=O)CN(c1ccccc1F)S(C)(=O)=O. The quantitative estimate of drug-likeness (QED) is 0.520. The first-order valence-electron chi connectivity index (χ1n) is 11.4. The predicted molar refractivity (Wildman–Crippen MR) is 132 cm³/mol. The number of aryl methyl sites for hydroxylation is 1. The first kappa shape index (κ1) is 27.3. The van der Waals surface area contributed by atoms with Gasteiger partial charge in [0, 0.05) is 12.6 Å². The number of benzene rings is 2. The second kappa shape index (κ2) is 12.0. The van der Waals surface area contributed by atoms with Crippen molar-refractivity contribution in [2.24, 2.45) is 0 Å². The lowest BCUT2D eigenvalue weighted by atomic mass is 10.1. The van der Waals surface area contributed by atoms with Gasteiger partial charge < -0.3 is 10.2 Å². The number of hydrogen-bond acceptors (Lipinski definition) is 4. The lowest BCUT2D eigenvalue weighted by molar-refractivity contribution is -0.140. The third-order valence-electron chi connectivity index (χ3n) is 5.79. The second-order valence-electron chi connectivity index (χ2n) is 8.41. The number of anilines is 1. The van der Waals surface area contributed by atoms with Crippen molar-refractivity contribution in [1.29, 1.82) is 0 Å². The third-order valence-corrected chi connectivity index (χ3v) is 6.92. The molecule has 0 heterocycles. The van der Waals surface area contributed by atoms with Crippen LogP contribution >= 0.6 is 0 Å². The molecular formula is C25H34FN3O4S. The fourth-order valence-electron chi connectivity index (χ4n) is 3.58. The van der Waals surface area contributed by atoms with E-state index in [1.54, 1.807) is 6.92 Å². The standard InChI is InChI=1S/C25H34FN3O4S/c1-6-19(4)27-25(31)22(7-2)28(16-20-13-9-8-12-18(20)3)24(30)17-29(34(5,32)33)23-15-11-10-14-21(23)26/h8-15,19,22H,6-7,16-17H2,1-5H3,(H,27,31)/t19-,22-/m1/s1. The molecule has 1 N–H and O–H groups in total. The smallest absolute Gasteiger partial charge is 0.244 e. The highest BCUT2D eigenvalue weighted by atomic mass is 32.2. The monoisotopic (exact) mass is 491 g/mol. The van der Waals surface area contributed by atoms with Gasteiger partial charge in [-0.05, 0) is 49.9 Å². The number of rotatable bonds is 11. The molecule has 0 saturated carbocycles. The third kappa shape index (κ3) is 7.03. The van der Waals surface area contributed by atoms with Gasteiger partial charge >= 0.3 is 0 Å². The van der Waals surface area contributed by atoms with Gasteiger partial charge in [0.05, 0.1) is 11.9 Å². The lowest BCUT2D eigenvalue weighted by Crippen LogP contribution is -2.53. The van der Waals surface area contributed by atoms with Crippen molar-refractivity contribution in [3.63, 3.8) is 0 Å². The number of carbonyl (C=O) groups is 2. The Morgan fingerprint density at radius 3 is 2.21 bits per heavy atom. The van der Waals surface area contributed by atoms with Crippen molar-refractivity contribution in [2.75, 3.05) is 17.1 Å². The van der Waals surface area contributed by atoms with E-state index in [-0.39, 0.29) is 24.2 Å². The molecule has 0 unspecified atom stereocenters. The van der Waals surface area contributed by atoms with Gasteiger partial charge in [-0.15, -0.1) is 0 Å². The lowest BCUT2D eigenvalue weighted by Gasteiger charge is -2.33. The van der Waals surface area contributed by atoms with Crippen LogP contribution < -0.4 is 9.62 Å². The van der Waals surface area contributed by atoms with E-state index >= 15 is 0 Å². The molecule has 0 radical (unpaired) electrons. The van der Waals surface area contributed by atoms with Crippen molar-refractivity contribution in [1.82, 2.24) is 10.2 Å². The normalized spacial score (nSPS) is 13.1. The van der Waals surface area contributed by atoms with Crippen LogP contribution in [0.15, 0.2) is 48.5 Å². The van der Waals surface area contributed by atoms with Crippen LogP contribution in [0.2, 0.25) is 0 Å². The van der Waals surface area contributed by atoms with E-state index in [2.05, 4.69) is 5.32 Å². The van der Waals surface area contributed by atoms with Crippen molar-refractivity contribution in [3.8, 4) is 0 Å². The molecule has 0 aliphatic heterocycles. The fraction of sp³-hybridized carbons (Fsp3) is 0.440. The molecule has 0 spiro atoms. The molecule has 2 aromatic rings. The van der Waals surface area contributed by atoms with Crippen LogP contribution in [0.1, 0.15) is 44.7 Å². The highest BCUT2D eigenvalue weighted by Gasteiger charge is 2.32. The predicted octanol–water partition coefficient (Wildman–Crippen LogP) is 3.62. The van der Waals surface area contributed by atoms with Gasteiger partial charge in [-0.2, -0.15) is 0 Å². The van der Waals surface area contributed by atoms with E-state index in [9.17, 15) is 22.4 Å². The summed E-state index contributed by atoms with van der Waals surface area (Å²) in [7, 11) is -3.98. The summed E-state index contributed by atoms with van der Waals surface area (Å²) in [5, 5.41) is 2.92. The molecule has 0 aliphatic carbocycles. The number of nitrogens with zero attached hydrogens (tertiary/aromatic N) is 2. The Labute approximate surface area is 202 Å². The minimum atomic E-state index is -3.98. The highest BCUT2D eigenvalue weighted by molar-refractivity contribution is 7.92. The molecule has 34 heavy (non-hydrogen) atoms. The van der Waals surface area contributed by atoms with Crippen molar-refractivity contribution in [2.45, 2.75) is 59.2 Å². The number of sulfonamides is 1. The Balaban J connectivity index is 2.47. The summed E-state index contributed by atoms with van der Waals surface area (Å²) in [4.78, 5) is 28.0. The zero-order valence-electron chi connectivity index (χ0n) is 20.4. The number of amides is 2. The Morgan fingerprint density at radius 1 is 1.03 bits per heavy atom. The van der Waals surface area contributed by atoms with Gasteiger partial charge in [0.2, 0.25) is 21.8 Å². The Kier molecular flexibility index (Phi) is 9.61. The zero-order chi connectivity index (χ0) is 25.5. The number of hydrogen-bond donors (Lipinski definition) is 1. The van der Waals surface area contributed by atoms with Crippen LogP contribution in [0.5, 0.6) is 0 Å². The largest absolute Gasteiger partial charge is 0.352 e. The molecular weight excluding hydrogens is 457 g/mol. The Bertz CT molecular complexity index is 1110. The first-order valence-corrected chi connectivity index (χ1v) is 13.2. The van der Waals surface area contributed by atoms with Crippen LogP contribution in [-0.4, -0.2) is 50.0 Å². The average molecular weight is 492 g/mol. The maximum absolute atomic E-state index is 14.5. The van der Waals surface area contributed by atoms with E-state index in [4.69, 9.17) is 0 Å². The maximum Gasteiger partial charge on any atom is 0.244 e. The van der Waals surface area contributed by atoms with Crippen LogP contribution in [0.3, 0.4) is 0 Å². The molecule has 2 amide bonds. The van der Waals surface area contributed by atoms with Crippen LogP contribution in [0.25, 0.3) is 0 Å². The van der Waals surface area contributed by atoms with E-state index in [0.29, 0.717) is 6.42 Å². The van der Waals surface area contributed by atoms with Crippen LogP contribution in [0, 0.1) is 12.7 Å². The minimum absolute atomic E-state index is 0.0807. The van der Waals surface area contributed by atoms with Gasteiger partial charge in [0.1, 0.15) is 18.4 Å². The number of para-hydroxylation sites is 1. The van der Waals surface area contributed by atoms with E-state index in [1.165, 1.54) is 23.1 Å². The summed E-state index contributed by atoms with van der Waals surface area (Å²) >= 11 is 0. The molecule has 0 fully saturated rings. The van der Waals surface area contributed by atoms with E-state index in [0.717, 1.165) is 34.2 Å². The molecule has 2 aromatic carbocycles. The molecule has 0 aromatic heterocycles. The zero-order valence-corrected chi connectivity index (χ0v) is 21.2. The summed E-state index contributed by atoms with van der Waals surface area (Å²) in [6.45, 7) is 7.01. The molecule has 186 valence electrons. The topological polar surface area (TPSA) is 86.8 Å². The molecule has 0 bridgehead atoms. The highest BCUT2D eigenvalue weighted by Crippen LogP contribution is 2.23. The van der Waals surface area contributed by atoms with Crippen molar-refractivity contribution >= 4 is 27.5 Å². The molecule has 0 aliphatic rings. The maximum atomic E-state index is 14.5. The summed E-state index contributed by atoms with van der Waals surface area (Å²) in [6.07, 6.45) is 1.98. The van der Waals surface area contributed by atoms with Crippen molar-refractivity contribution < 1.29 is 22.4 Å². The fourth-order valence-corrected chi connectivity index (χ4v) is 4.43. The first-order chi connectivity index (χ1) is 16.0. The van der Waals surface area contributed by atoms with Gasteiger partial charge in [-0.25, -0.2) is 12.8 Å². The molecule has 2 atom stereocenters. The van der Waals surface area contributed by atoms with Gasteiger partial charge in [-0.1, -0.05) is 50.2 Å². The van der Waals surface area contributed by atoms with E-state index < -0.39 is 34.3 Å². The molecule has 9 heteroatoms. The minimum Gasteiger partial charge on any atom is -0.352 e. The number of carbonyl (C=O) groups excluding carboxylic acids is 2. The number of nitrogens with one attached hydrogen (secondary N) is 1. The Morgan fingerprint density at radius 2 is 1.65 bits per heavy atom. The van der Waals surface area contributed by atoms with Gasteiger partial charge in [0.25, 0.3) is 0 Å². The molecule has 7 nitrogen and oxygen atoms in total. The van der Waals surface area contributed by atoms with Crippen LogP contribution in [-0.2, 0) is 26.2 Å². The number of halogens is 1. The summed E-state index contributed by atoms with van der Waals surface area (Å²) in [6, 6.07) is 12.0. The second-order valence-corrected chi connectivity index (χ2v) is 10.3. The van der Waals surface area contributed by atoms with Gasteiger partial charge in [0.15, 0.2) is 0 Å². The van der Waals surface area contributed by atoms with Crippen LogP contribution in [0.4, 0.5) is 10.1 Å². The Hall–Kier alpha value is -2.94. The van der Waals surface area contributed by atoms with Crippen molar-refractivity contribution in [3.05, 3.63) is 65.5 Å². The van der Waals surface area contributed by atoms with Gasteiger partial charge in [-0.3, -0.25) is 13.9 Å². The van der Waals surface area contributed by atoms with E-state index in [1.807, 2.05) is 45.0 Å². The summed E-state index contributed by atoms with van der Waals surface area (Å²) < 4.78 is 40.2. The summed E-state index contributed by atoms with van der Waals surface area (Å²) in [5.41, 5.74) is 1.56. The average Bonchev–Trinajstić information content (AvgIpc) is 2.78. The molecule has 0 saturated heterocycles. The summed E-state index contributed by atoms with van der Waals surface area (Å²) in [5.74, 6) is -1.66.